The zero-order valence-electron chi connectivity index (χ0n) is 6.65. The van der Waals surface area contributed by atoms with E-state index in [0.29, 0.717) is 13.0 Å². The average Bonchev–Trinajstić information content (AvgIpc) is 1.80. The van der Waals surface area contributed by atoms with Crippen LogP contribution in [0.1, 0.15) is 13.3 Å². The Kier molecular flexibility index (Phi) is 5.74. The fraction of sp³-hybridized carbons (Fsp3) is 1.00. The Morgan fingerprint density at radius 2 is 2.00 bits per heavy atom. The molecule has 2 N–H and O–H groups in total. The second kappa shape index (κ2) is 5.43. The van der Waals surface area contributed by atoms with Gasteiger partial charge in [-0.3, -0.25) is 4.57 Å². The molecular formula is C5H12Cl2NO3P. The van der Waals surface area contributed by atoms with Crippen LogP contribution >= 0.6 is 31.1 Å². The molecule has 0 aromatic carbocycles. The maximum atomic E-state index is 10.4. The van der Waals surface area contributed by atoms with Crippen molar-refractivity contribution in [2.45, 2.75) is 13.3 Å². The van der Waals surface area contributed by atoms with Crippen LogP contribution in [-0.2, 0) is 4.57 Å². The van der Waals surface area contributed by atoms with Gasteiger partial charge in [-0.05, 0) is 35.9 Å². The zero-order chi connectivity index (χ0) is 9.78. The van der Waals surface area contributed by atoms with Crippen molar-refractivity contribution in [3.05, 3.63) is 0 Å². The molecule has 0 aromatic rings. The molecule has 0 spiro atoms. The normalized spacial score (nSPS) is 15.2. The van der Waals surface area contributed by atoms with Crippen LogP contribution in [0.3, 0.4) is 0 Å². The van der Waals surface area contributed by atoms with E-state index in [2.05, 4.69) is 0 Å². The van der Waals surface area contributed by atoms with Gasteiger partial charge in [-0.15, -0.1) is 3.94 Å². The van der Waals surface area contributed by atoms with E-state index in [-0.39, 0.29) is 12.1 Å². The Hall–Kier alpha value is 0.690. The van der Waals surface area contributed by atoms with Crippen LogP contribution in [0, 0.1) is 5.92 Å². The third kappa shape index (κ3) is 8.78. The van der Waals surface area contributed by atoms with Gasteiger partial charge in [0.05, 0.1) is 6.16 Å². The lowest BCUT2D eigenvalue weighted by atomic mass is 10.1. The molecule has 0 fully saturated rings. The Morgan fingerprint density at radius 1 is 1.50 bits per heavy atom. The molecule has 12 heavy (non-hydrogen) atoms. The fourth-order valence-corrected chi connectivity index (χ4v) is 1.96. The summed E-state index contributed by atoms with van der Waals surface area (Å²) in [5.41, 5.74) is 0. The van der Waals surface area contributed by atoms with Crippen LogP contribution in [-0.4, -0.2) is 26.4 Å². The molecule has 0 aliphatic rings. The summed E-state index contributed by atoms with van der Waals surface area (Å²) in [6.07, 6.45) is 0.302. The van der Waals surface area contributed by atoms with Gasteiger partial charge in [0.2, 0.25) is 0 Å². The van der Waals surface area contributed by atoms with E-state index in [4.69, 9.17) is 33.3 Å². The smallest absolute Gasteiger partial charge is 0.324 e. The lowest BCUT2D eigenvalue weighted by Crippen LogP contribution is -2.12. The Morgan fingerprint density at radius 3 is 2.33 bits per heavy atom. The van der Waals surface area contributed by atoms with E-state index in [0.717, 1.165) is 3.94 Å². The van der Waals surface area contributed by atoms with Crippen molar-refractivity contribution in [2.75, 3.05) is 12.7 Å². The minimum absolute atomic E-state index is 0.0765. The van der Waals surface area contributed by atoms with Crippen molar-refractivity contribution >= 4 is 31.1 Å². The van der Waals surface area contributed by atoms with E-state index in [9.17, 15) is 4.57 Å². The van der Waals surface area contributed by atoms with E-state index in [1.165, 1.54) is 0 Å². The number of hydrogen-bond donors (Lipinski definition) is 2. The summed E-state index contributed by atoms with van der Waals surface area (Å²) in [7, 11) is -3.87. The molecule has 0 aromatic heterocycles. The Balaban J connectivity index is 3.58. The van der Waals surface area contributed by atoms with Gasteiger partial charge in [0.25, 0.3) is 0 Å². The Bertz CT molecular complexity index is 172. The molecule has 0 saturated carbocycles. The zero-order valence-corrected chi connectivity index (χ0v) is 9.06. The second-order valence-corrected chi connectivity index (χ2v) is 5.53. The SMILES string of the molecule is CC(CCP(=O)(O)O)CN(Cl)Cl. The molecule has 0 rings (SSSR count). The molecule has 0 heterocycles. The van der Waals surface area contributed by atoms with Gasteiger partial charge in [-0.1, -0.05) is 6.92 Å². The van der Waals surface area contributed by atoms with E-state index >= 15 is 0 Å². The van der Waals surface area contributed by atoms with E-state index in [1.807, 2.05) is 6.92 Å². The largest absolute Gasteiger partial charge is 0.325 e. The van der Waals surface area contributed by atoms with Gasteiger partial charge >= 0.3 is 7.60 Å². The van der Waals surface area contributed by atoms with Gasteiger partial charge < -0.3 is 9.79 Å². The Labute approximate surface area is 81.8 Å². The molecule has 0 saturated heterocycles. The third-order valence-corrected chi connectivity index (χ3v) is 2.48. The standard InChI is InChI=1S/C5H12Cl2NO3P/c1-5(4-8(6)7)2-3-12(9,10)11/h5H,2-4H2,1H3,(H2,9,10,11). The molecule has 0 radical (unpaired) electrons. The average molecular weight is 236 g/mol. The summed E-state index contributed by atoms with van der Waals surface area (Å²) >= 11 is 10.7. The first kappa shape index (κ1) is 12.7. The number of rotatable bonds is 5. The van der Waals surface area contributed by atoms with Crippen molar-refractivity contribution in [3.8, 4) is 0 Å². The monoisotopic (exact) mass is 235 g/mol. The summed E-state index contributed by atoms with van der Waals surface area (Å²) in [5, 5.41) is 0. The minimum atomic E-state index is -3.87. The van der Waals surface area contributed by atoms with E-state index < -0.39 is 7.60 Å². The van der Waals surface area contributed by atoms with Crippen LogP contribution in [0.25, 0.3) is 0 Å². The van der Waals surface area contributed by atoms with Crippen molar-refractivity contribution in [2.24, 2.45) is 5.92 Å². The van der Waals surface area contributed by atoms with Crippen molar-refractivity contribution in [1.82, 2.24) is 3.94 Å². The third-order valence-electron chi connectivity index (χ3n) is 1.36. The predicted octanol–water partition coefficient (Wildman–Crippen LogP) is 1.80. The maximum Gasteiger partial charge on any atom is 0.325 e. The molecule has 0 bridgehead atoms. The van der Waals surface area contributed by atoms with Gasteiger partial charge in [0, 0.05) is 6.54 Å². The molecule has 0 amide bonds. The van der Waals surface area contributed by atoms with Crippen LogP contribution in [0.15, 0.2) is 0 Å². The first-order valence-electron chi connectivity index (χ1n) is 3.45. The summed E-state index contributed by atoms with van der Waals surface area (Å²) in [6, 6.07) is 0. The molecule has 4 nitrogen and oxygen atoms in total. The van der Waals surface area contributed by atoms with E-state index in [1.54, 1.807) is 0 Å². The van der Waals surface area contributed by atoms with Crippen molar-refractivity contribution in [3.63, 3.8) is 0 Å². The van der Waals surface area contributed by atoms with Gasteiger partial charge in [0.15, 0.2) is 0 Å². The van der Waals surface area contributed by atoms with Gasteiger partial charge in [-0.2, -0.15) is 0 Å². The van der Waals surface area contributed by atoms with Crippen LogP contribution < -0.4 is 0 Å². The van der Waals surface area contributed by atoms with Gasteiger partial charge in [0.1, 0.15) is 0 Å². The number of halogens is 2. The highest BCUT2D eigenvalue weighted by molar-refractivity contribution is 7.51. The quantitative estimate of drug-likeness (QED) is 0.564. The highest BCUT2D eigenvalue weighted by Gasteiger charge is 2.15. The summed E-state index contributed by atoms with van der Waals surface area (Å²) in [6.45, 7) is 2.23. The maximum absolute atomic E-state index is 10.4. The van der Waals surface area contributed by atoms with Crippen molar-refractivity contribution < 1.29 is 14.4 Å². The minimum Gasteiger partial charge on any atom is -0.324 e. The lowest BCUT2D eigenvalue weighted by molar-refractivity contribution is 0.364. The molecule has 0 aliphatic heterocycles. The summed E-state index contributed by atoms with van der Waals surface area (Å²) < 4.78 is 11.4. The van der Waals surface area contributed by atoms with Crippen molar-refractivity contribution in [1.29, 1.82) is 0 Å². The summed E-state index contributed by atoms with van der Waals surface area (Å²) in [5.74, 6) is 0.0765. The fourth-order valence-electron chi connectivity index (χ4n) is 0.715. The topological polar surface area (TPSA) is 60.8 Å². The molecule has 0 aliphatic carbocycles. The molecule has 7 heteroatoms. The molecule has 1 unspecified atom stereocenters. The molecule has 1 atom stereocenters. The first-order chi connectivity index (χ1) is 5.31. The van der Waals surface area contributed by atoms with Gasteiger partial charge in [-0.25, -0.2) is 0 Å². The molecular weight excluding hydrogens is 224 g/mol. The molecule has 74 valence electrons. The van der Waals surface area contributed by atoms with Crippen LogP contribution in [0.2, 0.25) is 0 Å². The number of nitrogens with zero attached hydrogens (tertiary/aromatic N) is 1. The number of hydrogen-bond acceptors (Lipinski definition) is 2. The lowest BCUT2D eigenvalue weighted by Gasteiger charge is -2.12. The highest BCUT2D eigenvalue weighted by Crippen LogP contribution is 2.36. The first-order valence-corrected chi connectivity index (χ1v) is 5.92. The summed E-state index contributed by atoms with van der Waals surface area (Å²) in [4.78, 5) is 17.1. The highest BCUT2D eigenvalue weighted by atomic mass is 35.5. The second-order valence-electron chi connectivity index (χ2n) is 2.77. The van der Waals surface area contributed by atoms with Crippen LogP contribution in [0.4, 0.5) is 0 Å². The predicted molar refractivity (Wildman–Crippen MR) is 49.1 cm³/mol. The van der Waals surface area contributed by atoms with Crippen LogP contribution in [0.5, 0.6) is 0 Å².